The molecule has 1 aromatic rings. The summed E-state index contributed by atoms with van der Waals surface area (Å²) in [5, 5.41) is 13.6. The molecule has 0 aromatic carbocycles. The molecular formula is C14H18N2OS. The number of hydrogen-bond donors (Lipinski definition) is 1. The number of thiophene rings is 1. The van der Waals surface area contributed by atoms with E-state index in [9.17, 15) is 4.79 Å². The van der Waals surface area contributed by atoms with Crippen molar-refractivity contribution in [3.63, 3.8) is 0 Å². The van der Waals surface area contributed by atoms with Gasteiger partial charge < -0.3 is 5.32 Å². The number of carbonyl (C=O) groups is 1. The van der Waals surface area contributed by atoms with E-state index in [-0.39, 0.29) is 11.9 Å². The molecule has 0 radical (unpaired) electrons. The third kappa shape index (κ3) is 2.91. The molecule has 3 unspecified atom stereocenters. The second-order valence-electron chi connectivity index (χ2n) is 5.25. The van der Waals surface area contributed by atoms with Gasteiger partial charge in [-0.15, -0.1) is 11.3 Å². The highest BCUT2D eigenvalue weighted by atomic mass is 32.1. The van der Waals surface area contributed by atoms with Gasteiger partial charge in [-0.3, -0.25) is 4.79 Å². The average Bonchev–Trinajstić information content (AvgIpc) is 2.82. The Morgan fingerprint density at radius 2 is 2.22 bits per heavy atom. The Labute approximate surface area is 112 Å². The maximum absolute atomic E-state index is 12.0. The van der Waals surface area contributed by atoms with Gasteiger partial charge in [0.1, 0.15) is 6.07 Å². The lowest BCUT2D eigenvalue weighted by molar-refractivity contribution is 0.0914. The number of amides is 1. The lowest BCUT2D eigenvalue weighted by atomic mass is 9.79. The van der Waals surface area contributed by atoms with Gasteiger partial charge in [-0.1, -0.05) is 13.8 Å². The predicted octanol–water partition coefficient (Wildman–Crippen LogP) is 3.17. The minimum atomic E-state index is -0.0340. The molecule has 1 aliphatic rings. The van der Waals surface area contributed by atoms with Crippen molar-refractivity contribution >= 4 is 17.2 Å². The molecule has 0 bridgehead atoms. The first-order chi connectivity index (χ1) is 8.60. The van der Waals surface area contributed by atoms with Crippen LogP contribution in [0.25, 0.3) is 0 Å². The van der Waals surface area contributed by atoms with Crippen LogP contribution in [0.2, 0.25) is 0 Å². The largest absolute Gasteiger partial charge is 0.349 e. The van der Waals surface area contributed by atoms with Crippen LogP contribution in [0, 0.1) is 23.2 Å². The molecule has 1 heterocycles. The van der Waals surface area contributed by atoms with E-state index in [0.717, 1.165) is 18.8 Å². The van der Waals surface area contributed by atoms with Crippen LogP contribution >= 0.6 is 11.3 Å². The first-order valence-corrected chi connectivity index (χ1v) is 7.27. The van der Waals surface area contributed by atoms with Gasteiger partial charge >= 0.3 is 0 Å². The van der Waals surface area contributed by atoms with E-state index in [0.29, 0.717) is 16.4 Å². The summed E-state index contributed by atoms with van der Waals surface area (Å²) in [5.41, 5.74) is 0.566. The molecule has 1 fully saturated rings. The zero-order valence-corrected chi connectivity index (χ0v) is 11.6. The SMILES string of the molecule is CC1CCC(NC(=O)c2cc(C#N)cs2)CC1C. The van der Waals surface area contributed by atoms with Crippen LogP contribution in [0.5, 0.6) is 0 Å². The molecule has 4 heteroatoms. The Morgan fingerprint density at radius 3 is 2.83 bits per heavy atom. The standard InChI is InChI=1S/C14H18N2OS/c1-9-3-4-12(5-10(9)2)16-14(17)13-6-11(7-15)8-18-13/h6,8-10,12H,3-5H2,1-2H3,(H,16,17). The quantitative estimate of drug-likeness (QED) is 0.890. The van der Waals surface area contributed by atoms with Crippen molar-refractivity contribution in [1.29, 1.82) is 5.26 Å². The number of carbonyl (C=O) groups excluding carboxylic acids is 1. The highest BCUT2D eigenvalue weighted by Gasteiger charge is 2.26. The van der Waals surface area contributed by atoms with Crippen LogP contribution in [0.15, 0.2) is 11.4 Å². The number of nitriles is 1. The monoisotopic (exact) mass is 262 g/mol. The molecule has 18 heavy (non-hydrogen) atoms. The Bertz CT molecular complexity index is 474. The van der Waals surface area contributed by atoms with Gasteiger partial charge in [-0.2, -0.15) is 5.26 Å². The summed E-state index contributed by atoms with van der Waals surface area (Å²) >= 11 is 1.34. The van der Waals surface area contributed by atoms with Crippen LogP contribution in [0.4, 0.5) is 0 Å². The molecule has 2 rings (SSSR count). The fourth-order valence-corrected chi connectivity index (χ4v) is 3.18. The van der Waals surface area contributed by atoms with Gasteiger partial charge in [0.05, 0.1) is 10.4 Å². The molecule has 0 spiro atoms. The highest BCUT2D eigenvalue weighted by Crippen LogP contribution is 2.29. The van der Waals surface area contributed by atoms with Gasteiger partial charge in [0.25, 0.3) is 5.91 Å². The van der Waals surface area contributed by atoms with Crippen molar-refractivity contribution < 1.29 is 4.79 Å². The van der Waals surface area contributed by atoms with E-state index in [1.807, 2.05) is 6.07 Å². The fourth-order valence-electron chi connectivity index (χ4n) is 2.45. The molecule has 3 atom stereocenters. The number of rotatable bonds is 2. The van der Waals surface area contributed by atoms with Crippen LogP contribution in [-0.2, 0) is 0 Å². The zero-order valence-electron chi connectivity index (χ0n) is 10.8. The Balaban J connectivity index is 1.94. The van der Waals surface area contributed by atoms with Gasteiger partial charge in [0.2, 0.25) is 0 Å². The molecular weight excluding hydrogens is 244 g/mol. The topological polar surface area (TPSA) is 52.9 Å². The molecule has 1 aliphatic carbocycles. The van der Waals surface area contributed by atoms with Crippen molar-refractivity contribution in [2.45, 2.75) is 39.2 Å². The lowest BCUT2D eigenvalue weighted by Crippen LogP contribution is -2.39. The van der Waals surface area contributed by atoms with Crippen molar-refractivity contribution in [2.75, 3.05) is 0 Å². The normalized spacial score (nSPS) is 27.5. The maximum Gasteiger partial charge on any atom is 0.261 e. The summed E-state index contributed by atoms with van der Waals surface area (Å²) in [6, 6.07) is 4.00. The average molecular weight is 262 g/mol. The molecule has 3 nitrogen and oxygen atoms in total. The first-order valence-electron chi connectivity index (χ1n) is 6.39. The molecule has 0 saturated heterocycles. The summed E-state index contributed by atoms with van der Waals surface area (Å²) in [5.74, 6) is 1.39. The van der Waals surface area contributed by atoms with E-state index in [4.69, 9.17) is 5.26 Å². The van der Waals surface area contributed by atoms with E-state index in [1.54, 1.807) is 11.4 Å². The molecule has 1 N–H and O–H groups in total. The molecule has 1 amide bonds. The number of nitrogens with zero attached hydrogens (tertiary/aromatic N) is 1. The van der Waals surface area contributed by atoms with E-state index >= 15 is 0 Å². The zero-order chi connectivity index (χ0) is 13.1. The summed E-state index contributed by atoms with van der Waals surface area (Å²) in [7, 11) is 0. The number of nitrogens with one attached hydrogen (secondary N) is 1. The molecule has 1 saturated carbocycles. The van der Waals surface area contributed by atoms with Crippen LogP contribution < -0.4 is 5.32 Å². The third-order valence-corrected chi connectivity index (χ3v) is 4.81. The second kappa shape index (κ2) is 5.53. The predicted molar refractivity (Wildman–Crippen MR) is 72.5 cm³/mol. The molecule has 96 valence electrons. The van der Waals surface area contributed by atoms with Crippen molar-refractivity contribution in [2.24, 2.45) is 11.8 Å². The maximum atomic E-state index is 12.0. The van der Waals surface area contributed by atoms with E-state index in [1.165, 1.54) is 17.8 Å². The van der Waals surface area contributed by atoms with Crippen molar-refractivity contribution in [3.05, 3.63) is 21.9 Å². The Morgan fingerprint density at radius 1 is 1.44 bits per heavy atom. The third-order valence-electron chi connectivity index (χ3n) is 3.89. The van der Waals surface area contributed by atoms with Gasteiger partial charge in [0.15, 0.2) is 0 Å². The smallest absolute Gasteiger partial charge is 0.261 e. The summed E-state index contributed by atoms with van der Waals surface area (Å²) in [6.45, 7) is 4.53. The first kappa shape index (κ1) is 13.1. The Kier molecular flexibility index (Phi) is 4.03. The summed E-state index contributed by atoms with van der Waals surface area (Å²) in [4.78, 5) is 12.7. The van der Waals surface area contributed by atoms with Gasteiger partial charge in [0, 0.05) is 11.4 Å². The summed E-state index contributed by atoms with van der Waals surface area (Å²) < 4.78 is 0. The minimum absolute atomic E-state index is 0.0340. The van der Waals surface area contributed by atoms with Crippen molar-refractivity contribution in [3.8, 4) is 6.07 Å². The molecule has 0 aliphatic heterocycles. The fraction of sp³-hybridized carbons (Fsp3) is 0.571. The highest BCUT2D eigenvalue weighted by molar-refractivity contribution is 7.12. The van der Waals surface area contributed by atoms with Crippen LogP contribution in [0.1, 0.15) is 48.3 Å². The van der Waals surface area contributed by atoms with Crippen molar-refractivity contribution in [1.82, 2.24) is 5.32 Å². The van der Waals surface area contributed by atoms with E-state index < -0.39 is 0 Å². The molecule has 1 aromatic heterocycles. The summed E-state index contributed by atoms with van der Waals surface area (Å²) in [6.07, 6.45) is 3.30. The van der Waals surface area contributed by atoms with Gasteiger partial charge in [-0.25, -0.2) is 0 Å². The number of hydrogen-bond acceptors (Lipinski definition) is 3. The minimum Gasteiger partial charge on any atom is -0.349 e. The van der Waals surface area contributed by atoms with E-state index in [2.05, 4.69) is 19.2 Å². The Hall–Kier alpha value is -1.34. The van der Waals surface area contributed by atoms with Crippen LogP contribution in [-0.4, -0.2) is 11.9 Å². The van der Waals surface area contributed by atoms with Crippen LogP contribution in [0.3, 0.4) is 0 Å². The lowest BCUT2D eigenvalue weighted by Gasteiger charge is -2.32. The van der Waals surface area contributed by atoms with Gasteiger partial charge in [-0.05, 0) is 37.2 Å². The second-order valence-corrected chi connectivity index (χ2v) is 6.16.